The topological polar surface area (TPSA) is 175 Å². The number of carbonyl (C=O) groups is 2. The number of unbranched alkanes of at least 4 members (excludes halogenated alkanes) is 34. The van der Waals surface area contributed by atoms with Crippen molar-refractivity contribution in [2.45, 2.75) is 365 Å². The summed E-state index contributed by atoms with van der Waals surface area (Å²) in [4.78, 5) is 26.7. The van der Waals surface area contributed by atoms with E-state index in [2.05, 4.69) is 111 Å². The highest BCUT2D eigenvalue weighted by Crippen LogP contribution is 2.26. The molecule has 0 aromatic rings. The highest BCUT2D eigenvalue weighted by molar-refractivity contribution is 5.80. The van der Waals surface area contributed by atoms with Crippen LogP contribution in [-0.4, -0.2) is 99.6 Å². The van der Waals surface area contributed by atoms with Crippen LogP contribution in [0.1, 0.15) is 316 Å². The number of ether oxygens (including phenoxy) is 3. The average Bonchev–Trinajstić information content (AvgIpc) is 2.54. The van der Waals surface area contributed by atoms with Gasteiger partial charge in [-0.3, -0.25) is 9.59 Å². The Kier molecular flexibility index (Phi) is 59.8. The Labute approximate surface area is 539 Å². The number of hydrogen-bond acceptors (Lipinski definition) is 10. The van der Waals surface area contributed by atoms with Crippen molar-refractivity contribution >= 4 is 11.9 Å². The summed E-state index contributed by atoms with van der Waals surface area (Å²) in [5.41, 5.74) is 0. The van der Waals surface area contributed by atoms with E-state index in [-0.39, 0.29) is 19.4 Å². The SMILES string of the molecule is CC/C=C\C/C=C\C/C=C\C/C=C\C/C=C\C/C=C\CCCCCCCCC(=O)OC1C(OCC(NC(=O)C(O)CCCCCCCCCCCCCC/C=C/CCCCCCCC)C(O)/C=C/CCCCCCCCCCCC)OC(CO)C(O)C1O. The van der Waals surface area contributed by atoms with E-state index in [4.69, 9.17) is 14.2 Å². The number of hydrogen-bond donors (Lipinski definition) is 6. The summed E-state index contributed by atoms with van der Waals surface area (Å²) in [6, 6.07) is -1.03. The molecule has 508 valence electrons. The highest BCUT2D eigenvalue weighted by atomic mass is 16.7. The molecule has 1 aliphatic heterocycles. The molecule has 0 radical (unpaired) electrons. The Morgan fingerprint density at radius 1 is 0.455 bits per heavy atom. The molecule has 1 saturated heterocycles. The monoisotopic (exact) mass is 1230 g/mol. The number of carbonyl (C=O) groups excluding carboxylic acids is 2. The molecule has 6 N–H and O–H groups in total. The Balaban J connectivity index is 2.58. The minimum Gasteiger partial charge on any atom is -0.454 e. The summed E-state index contributed by atoms with van der Waals surface area (Å²) in [6.45, 7) is 5.69. The molecular weight excluding hydrogens is 1100 g/mol. The molecule has 1 fully saturated rings. The van der Waals surface area contributed by atoms with Crippen molar-refractivity contribution in [3.05, 3.63) is 97.2 Å². The van der Waals surface area contributed by atoms with E-state index < -0.39 is 67.4 Å². The minimum absolute atomic E-state index is 0.102. The Hall–Kier alpha value is -3.42. The highest BCUT2D eigenvalue weighted by Gasteiger charge is 2.47. The number of aliphatic hydroxyl groups is 5. The third kappa shape index (κ3) is 50.3. The molecule has 0 bridgehead atoms. The Morgan fingerprint density at radius 2 is 0.818 bits per heavy atom. The number of nitrogens with one attached hydrogen (secondary N) is 1. The number of allylic oxidation sites excluding steroid dienone is 15. The van der Waals surface area contributed by atoms with Gasteiger partial charge in [-0.15, -0.1) is 0 Å². The molecule has 0 aromatic heterocycles. The first-order valence-electron chi connectivity index (χ1n) is 36.5. The second-order valence-electron chi connectivity index (χ2n) is 24.9. The van der Waals surface area contributed by atoms with Crippen LogP contribution in [0.5, 0.6) is 0 Å². The number of aliphatic hydroxyl groups excluding tert-OH is 5. The molecular formula is C77H135NO10. The quantitative estimate of drug-likeness (QED) is 0.0195. The van der Waals surface area contributed by atoms with Crippen molar-refractivity contribution in [1.29, 1.82) is 0 Å². The van der Waals surface area contributed by atoms with Crippen LogP contribution in [0, 0.1) is 0 Å². The fraction of sp³-hybridized carbons (Fsp3) is 0.766. The van der Waals surface area contributed by atoms with Crippen molar-refractivity contribution in [2.24, 2.45) is 0 Å². The second-order valence-corrected chi connectivity index (χ2v) is 24.9. The fourth-order valence-corrected chi connectivity index (χ4v) is 11.0. The average molecular weight is 1230 g/mol. The first kappa shape index (κ1) is 82.6. The van der Waals surface area contributed by atoms with Crippen LogP contribution < -0.4 is 5.32 Å². The van der Waals surface area contributed by atoms with Gasteiger partial charge in [-0.1, -0.05) is 304 Å². The van der Waals surface area contributed by atoms with Gasteiger partial charge in [0.05, 0.1) is 25.4 Å². The summed E-state index contributed by atoms with van der Waals surface area (Å²) in [5, 5.41) is 57.3. The summed E-state index contributed by atoms with van der Waals surface area (Å²) in [6.07, 6.45) is 75.9. The van der Waals surface area contributed by atoms with Gasteiger partial charge < -0.3 is 45.1 Å². The van der Waals surface area contributed by atoms with Crippen molar-refractivity contribution < 1.29 is 49.3 Å². The molecule has 1 heterocycles. The van der Waals surface area contributed by atoms with E-state index >= 15 is 0 Å². The minimum atomic E-state index is -1.63. The second kappa shape index (κ2) is 63.7. The Morgan fingerprint density at radius 3 is 1.24 bits per heavy atom. The number of esters is 1. The molecule has 0 spiro atoms. The molecule has 0 aliphatic carbocycles. The molecule has 88 heavy (non-hydrogen) atoms. The maximum absolute atomic E-state index is 13.5. The van der Waals surface area contributed by atoms with E-state index in [1.165, 1.54) is 154 Å². The summed E-state index contributed by atoms with van der Waals surface area (Å²) in [5.74, 6) is -1.21. The lowest BCUT2D eigenvalue weighted by Crippen LogP contribution is -2.61. The van der Waals surface area contributed by atoms with Gasteiger partial charge >= 0.3 is 5.97 Å². The maximum atomic E-state index is 13.5. The molecule has 11 nitrogen and oxygen atoms in total. The van der Waals surface area contributed by atoms with Crippen LogP contribution in [0.15, 0.2) is 97.2 Å². The molecule has 8 unspecified atom stereocenters. The first-order valence-corrected chi connectivity index (χ1v) is 36.5. The van der Waals surface area contributed by atoms with Gasteiger partial charge in [0.25, 0.3) is 0 Å². The Bertz CT molecular complexity index is 1800. The van der Waals surface area contributed by atoms with Crippen molar-refractivity contribution in [3.8, 4) is 0 Å². The van der Waals surface area contributed by atoms with E-state index in [0.717, 1.165) is 116 Å². The van der Waals surface area contributed by atoms with Crippen LogP contribution >= 0.6 is 0 Å². The summed E-state index contributed by atoms with van der Waals surface area (Å²) < 4.78 is 17.7. The molecule has 1 amide bonds. The number of amides is 1. The zero-order valence-electron chi connectivity index (χ0n) is 56.6. The molecule has 0 aromatic carbocycles. The van der Waals surface area contributed by atoms with E-state index in [0.29, 0.717) is 12.8 Å². The van der Waals surface area contributed by atoms with Gasteiger partial charge in [-0.05, 0) is 103 Å². The zero-order chi connectivity index (χ0) is 63.9. The first-order chi connectivity index (χ1) is 43.2. The lowest BCUT2D eigenvalue weighted by molar-refractivity contribution is -0.305. The molecule has 1 rings (SSSR count). The summed E-state index contributed by atoms with van der Waals surface area (Å²) >= 11 is 0. The van der Waals surface area contributed by atoms with Gasteiger partial charge in [0, 0.05) is 6.42 Å². The predicted octanol–water partition coefficient (Wildman–Crippen LogP) is 19.0. The van der Waals surface area contributed by atoms with E-state index in [1.54, 1.807) is 6.08 Å². The molecule has 0 saturated carbocycles. The van der Waals surface area contributed by atoms with Crippen LogP contribution in [-0.2, 0) is 23.8 Å². The van der Waals surface area contributed by atoms with Crippen molar-refractivity contribution in [1.82, 2.24) is 5.32 Å². The maximum Gasteiger partial charge on any atom is 0.306 e. The third-order valence-electron chi connectivity index (χ3n) is 16.7. The molecule has 1 aliphatic rings. The predicted molar refractivity (Wildman–Crippen MR) is 370 cm³/mol. The van der Waals surface area contributed by atoms with Gasteiger partial charge in [0.15, 0.2) is 12.4 Å². The van der Waals surface area contributed by atoms with Crippen LogP contribution in [0.25, 0.3) is 0 Å². The zero-order valence-corrected chi connectivity index (χ0v) is 56.6. The molecule has 8 atom stereocenters. The van der Waals surface area contributed by atoms with Gasteiger partial charge in [-0.25, -0.2) is 0 Å². The lowest BCUT2D eigenvalue weighted by atomic mass is 9.99. The van der Waals surface area contributed by atoms with Crippen molar-refractivity contribution in [3.63, 3.8) is 0 Å². The van der Waals surface area contributed by atoms with E-state index in [9.17, 15) is 35.1 Å². The third-order valence-corrected chi connectivity index (χ3v) is 16.7. The van der Waals surface area contributed by atoms with Gasteiger partial charge in [-0.2, -0.15) is 0 Å². The van der Waals surface area contributed by atoms with E-state index in [1.807, 2.05) is 6.08 Å². The van der Waals surface area contributed by atoms with Gasteiger partial charge in [0.2, 0.25) is 5.91 Å². The van der Waals surface area contributed by atoms with Crippen LogP contribution in [0.2, 0.25) is 0 Å². The van der Waals surface area contributed by atoms with Crippen LogP contribution in [0.4, 0.5) is 0 Å². The smallest absolute Gasteiger partial charge is 0.306 e. The standard InChI is InChI=1S/C77H135NO10/c1-4-7-10-13-16-19-22-25-27-29-31-33-35-36-37-39-41-43-45-47-50-53-56-59-62-65-72(82)88-75-74(84)73(83)71(66-79)87-77(75)86-67-68(69(80)63-60-57-54-51-48-24-21-18-15-12-9-6-3)78-76(85)70(81)64-61-58-55-52-49-46-44-42-40-38-34-32-30-28-26-23-20-17-14-11-8-5-2/h7,10,16,19,25-28,31,33,36-37,41,43,60,63,68-71,73-75,77,79-81,83-84H,4-6,8-9,11-15,17-18,20-24,29-30,32,34-35,38-40,42,44-59,61-62,64-67H2,1-3H3,(H,78,85)/b10-7-,19-16-,27-25-,28-26+,33-31-,37-36-,43-41-,63-60+. The molecule has 11 heteroatoms. The largest absolute Gasteiger partial charge is 0.454 e. The fourth-order valence-electron chi connectivity index (χ4n) is 11.0. The lowest BCUT2D eigenvalue weighted by Gasteiger charge is -2.41. The van der Waals surface area contributed by atoms with Crippen LogP contribution in [0.3, 0.4) is 0 Å². The normalized spacial score (nSPS) is 18.8. The summed E-state index contributed by atoms with van der Waals surface area (Å²) in [7, 11) is 0. The van der Waals surface area contributed by atoms with Gasteiger partial charge in [0.1, 0.15) is 24.4 Å². The number of rotatable bonds is 62. The van der Waals surface area contributed by atoms with Crippen molar-refractivity contribution in [2.75, 3.05) is 13.2 Å².